The maximum atomic E-state index is 11.6. The lowest BCUT2D eigenvalue weighted by Crippen LogP contribution is -1.92. The van der Waals surface area contributed by atoms with E-state index in [0.29, 0.717) is 5.56 Å². The van der Waals surface area contributed by atoms with Crippen LogP contribution in [0.3, 0.4) is 0 Å². The van der Waals surface area contributed by atoms with Crippen LogP contribution in [-0.4, -0.2) is 16.2 Å². The molecule has 0 amide bonds. The number of hydrogen-bond acceptors (Lipinski definition) is 1. The van der Waals surface area contributed by atoms with Crippen molar-refractivity contribution in [3.8, 4) is 0 Å². The van der Waals surface area contributed by atoms with Crippen molar-refractivity contribution in [2.24, 2.45) is 7.05 Å². The number of nitrogens with zero attached hydrogens (tertiary/aromatic N) is 2. The number of allylic oxidation sites excluding steroid dienone is 1. The summed E-state index contributed by atoms with van der Waals surface area (Å²) in [6, 6.07) is 7.63. The molecule has 0 aliphatic heterocycles. The standard InChI is InChI=1S/C12H9N2O/c1-14-8-10(12(15)6-7-13)9-4-2-3-5-11(9)14/h2-6,8H,1H3/q-1. The molecule has 0 saturated heterocycles. The molecule has 0 spiro atoms. The molecule has 0 N–H and O–H groups in total. The number of carbonyl (C=O) groups excluding carboxylic acids is 1. The summed E-state index contributed by atoms with van der Waals surface area (Å²) >= 11 is 0. The van der Waals surface area contributed by atoms with Gasteiger partial charge in [-0.3, -0.25) is 10.7 Å². The summed E-state index contributed by atoms with van der Waals surface area (Å²) in [5.41, 5.74) is 1.57. The highest BCUT2D eigenvalue weighted by Gasteiger charge is 2.10. The first-order valence-corrected chi connectivity index (χ1v) is 4.55. The average Bonchev–Trinajstić information content (AvgIpc) is 2.58. The average molecular weight is 197 g/mol. The van der Waals surface area contributed by atoms with E-state index in [9.17, 15) is 4.79 Å². The zero-order valence-corrected chi connectivity index (χ0v) is 8.27. The van der Waals surface area contributed by atoms with Gasteiger partial charge in [0, 0.05) is 35.8 Å². The minimum absolute atomic E-state index is 0.241. The molecule has 15 heavy (non-hydrogen) atoms. The highest BCUT2D eigenvalue weighted by Crippen LogP contribution is 2.20. The summed E-state index contributed by atoms with van der Waals surface area (Å²) in [5.74, 6) is 1.51. The predicted molar refractivity (Wildman–Crippen MR) is 60.2 cm³/mol. The summed E-state index contributed by atoms with van der Waals surface area (Å²) in [6.07, 6.45) is 2.78. The Kier molecular flexibility index (Phi) is 2.24. The van der Waals surface area contributed by atoms with Gasteiger partial charge < -0.3 is 9.98 Å². The van der Waals surface area contributed by atoms with Gasteiger partial charge in [0.25, 0.3) is 0 Å². The third kappa shape index (κ3) is 1.49. The van der Waals surface area contributed by atoms with Crippen molar-refractivity contribution >= 4 is 22.6 Å². The normalized spacial score (nSPS) is 9.93. The van der Waals surface area contributed by atoms with E-state index >= 15 is 0 Å². The molecule has 0 fully saturated rings. The monoisotopic (exact) mass is 197 g/mol. The maximum absolute atomic E-state index is 11.6. The van der Waals surface area contributed by atoms with Crippen LogP contribution < -0.4 is 0 Å². The minimum Gasteiger partial charge on any atom is -0.763 e. The summed E-state index contributed by atoms with van der Waals surface area (Å²) in [5, 5.41) is 9.33. The molecule has 1 heterocycles. The lowest BCUT2D eigenvalue weighted by Gasteiger charge is -1.93. The second-order valence-electron chi connectivity index (χ2n) is 3.31. The lowest BCUT2D eigenvalue weighted by molar-refractivity contribution is 0.104. The van der Waals surface area contributed by atoms with Gasteiger partial charge in [-0.1, -0.05) is 18.2 Å². The number of benzene rings is 1. The van der Waals surface area contributed by atoms with E-state index in [0.717, 1.165) is 17.0 Å². The van der Waals surface area contributed by atoms with Crippen molar-refractivity contribution in [3.05, 3.63) is 47.5 Å². The number of ketones is 1. The van der Waals surface area contributed by atoms with Crippen molar-refractivity contribution in [2.75, 3.05) is 0 Å². The van der Waals surface area contributed by atoms with Gasteiger partial charge in [0.2, 0.25) is 0 Å². The van der Waals surface area contributed by atoms with Crippen LogP contribution in [0.5, 0.6) is 0 Å². The molecular weight excluding hydrogens is 188 g/mol. The van der Waals surface area contributed by atoms with E-state index in [1.165, 1.54) is 0 Å². The summed E-state index contributed by atoms with van der Waals surface area (Å²) < 4.78 is 1.88. The molecule has 1 aromatic heterocycles. The molecular formula is C12H9N2O-. The number of hydrogen-bond donors (Lipinski definition) is 0. The molecule has 0 saturated carbocycles. The number of fused-ring (bicyclic) bond motifs is 1. The van der Waals surface area contributed by atoms with Crippen molar-refractivity contribution in [1.29, 1.82) is 0 Å². The molecule has 2 rings (SSSR count). The van der Waals surface area contributed by atoms with Crippen molar-refractivity contribution in [3.63, 3.8) is 0 Å². The van der Waals surface area contributed by atoms with E-state index in [1.54, 1.807) is 12.1 Å². The van der Waals surface area contributed by atoms with Crippen molar-refractivity contribution in [2.45, 2.75) is 0 Å². The molecule has 2 aromatic rings. The van der Waals surface area contributed by atoms with E-state index in [2.05, 4.69) is 0 Å². The van der Waals surface area contributed by atoms with Crippen LogP contribution >= 0.6 is 0 Å². The van der Waals surface area contributed by atoms with Gasteiger partial charge in [0.15, 0.2) is 5.78 Å². The Morgan fingerprint density at radius 2 is 2.20 bits per heavy atom. The second-order valence-corrected chi connectivity index (χ2v) is 3.31. The van der Waals surface area contributed by atoms with E-state index in [-0.39, 0.29) is 5.78 Å². The fourth-order valence-electron chi connectivity index (χ4n) is 1.67. The Hall–Kier alpha value is -2.12. The number of carbonyl (C=O) groups is 1. The molecule has 0 aliphatic carbocycles. The van der Waals surface area contributed by atoms with Gasteiger partial charge in [-0.2, -0.15) is 0 Å². The van der Waals surface area contributed by atoms with E-state index in [1.807, 2.05) is 35.9 Å². The molecule has 0 atom stereocenters. The third-order valence-corrected chi connectivity index (χ3v) is 2.36. The molecule has 3 nitrogen and oxygen atoms in total. The Morgan fingerprint density at radius 3 is 2.93 bits per heavy atom. The van der Waals surface area contributed by atoms with Gasteiger partial charge in [-0.15, -0.1) is 0 Å². The molecule has 0 aliphatic rings. The second kappa shape index (κ2) is 3.56. The third-order valence-electron chi connectivity index (χ3n) is 2.36. The molecule has 0 radical (unpaired) electrons. The Bertz CT molecular complexity index is 574. The number of rotatable bonds is 2. The smallest absolute Gasteiger partial charge is 0.193 e. The molecule has 0 unspecified atom stereocenters. The van der Waals surface area contributed by atoms with Crippen LogP contribution in [0.2, 0.25) is 0 Å². The summed E-state index contributed by atoms with van der Waals surface area (Å²) in [4.78, 5) is 11.6. The number of para-hydroxylation sites is 1. The molecule has 3 heteroatoms. The molecule has 74 valence electrons. The topological polar surface area (TPSA) is 44.3 Å². The SMILES string of the molecule is Cn1cc(C(=O)C=C=[N-])c2ccccc21. The first-order valence-electron chi connectivity index (χ1n) is 4.55. The number of aryl methyl sites for hydroxylation is 1. The van der Waals surface area contributed by atoms with Crippen LogP contribution in [-0.2, 0) is 7.05 Å². The van der Waals surface area contributed by atoms with Crippen molar-refractivity contribution < 1.29 is 4.79 Å². The highest BCUT2D eigenvalue weighted by molar-refractivity contribution is 6.16. The van der Waals surface area contributed by atoms with Crippen LogP contribution in [0.15, 0.2) is 36.5 Å². The highest BCUT2D eigenvalue weighted by atomic mass is 16.1. The zero-order chi connectivity index (χ0) is 10.8. The fraction of sp³-hybridized carbons (Fsp3) is 0.0833. The van der Waals surface area contributed by atoms with Gasteiger partial charge in [0.1, 0.15) is 0 Å². The van der Waals surface area contributed by atoms with Crippen LogP contribution in [0, 0.1) is 0 Å². The number of aromatic nitrogens is 1. The maximum Gasteiger partial charge on any atom is 0.193 e. The largest absolute Gasteiger partial charge is 0.763 e. The van der Waals surface area contributed by atoms with Crippen molar-refractivity contribution in [1.82, 2.24) is 4.57 Å². The Balaban J connectivity index is 2.72. The fourth-order valence-corrected chi connectivity index (χ4v) is 1.67. The summed E-state index contributed by atoms with van der Waals surface area (Å²) in [7, 11) is 1.88. The van der Waals surface area contributed by atoms with Gasteiger partial charge in [-0.25, -0.2) is 0 Å². The zero-order valence-electron chi connectivity index (χ0n) is 8.27. The van der Waals surface area contributed by atoms with E-state index < -0.39 is 0 Å². The van der Waals surface area contributed by atoms with E-state index in [4.69, 9.17) is 5.41 Å². The lowest BCUT2D eigenvalue weighted by atomic mass is 10.1. The van der Waals surface area contributed by atoms with Gasteiger partial charge >= 0.3 is 0 Å². The van der Waals surface area contributed by atoms with Crippen LogP contribution in [0.25, 0.3) is 16.3 Å². The predicted octanol–water partition coefficient (Wildman–Crippen LogP) is 2.16. The van der Waals surface area contributed by atoms with Gasteiger partial charge in [-0.05, 0) is 6.07 Å². The first-order chi connectivity index (χ1) is 7.24. The first kappa shape index (κ1) is 9.44. The van der Waals surface area contributed by atoms with Gasteiger partial charge in [0.05, 0.1) is 0 Å². The summed E-state index contributed by atoms with van der Waals surface area (Å²) in [6.45, 7) is 0. The molecule has 0 bridgehead atoms. The minimum atomic E-state index is -0.241. The quantitative estimate of drug-likeness (QED) is 0.413. The Morgan fingerprint density at radius 1 is 1.47 bits per heavy atom. The van der Waals surface area contributed by atoms with Crippen LogP contribution in [0.1, 0.15) is 10.4 Å². The molecule has 1 aromatic carbocycles. The van der Waals surface area contributed by atoms with Crippen LogP contribution in [0.4, 0.5) is 0 Å². The Labute approximate surface area is 87.1 Å².